The Hall–Kier alpha value is -2.89. The summed E-state index contributed by atoms with van der Waals surface area (Å²) in [6, 6.07) is 3.92. The van der Waals surface area contributed by atoms with E-state index in [2.05, 4.69) is 11.9 Å². The summed E-state index contributed by atoms with van der Waals surface area (Å²) in [5.41, 5.74) is 1.06. The highest BCUT2D eigenvalue weighted by Crippen LogP contribution is 2.20. The summed E-state index contributed by atoms with van der Waals surface area (Å²) in [4.78, 5) is 36.4. The number of urea groups is 1. The fourth-order valence-electron chi connectivity index (χ4n) is 1.92. The molecule has 1 fully saturated rings. The van der Waals surface area contributed by atoms with Gasteiger partial charge in [-0.25, -0.2) is 4.79 Å². The van der Waals surface area contributed by atoms with E-state index in [1.54, 1.807) is 19.1 Å². The first kappa shape index (κ1) is 14.5. The summed E-state index contributed by atoms with van der Waals surface area (Å²) in [5, 5.41) is 11.6. The van der Waals surface area contributed by atoms with Gasteiger partial charge in [-0.05, 0) is 36.3 Å². The Morgan fingerprint density at radius 2 is 2.05 bits per heavy atom. The fourth-order valence-corrected chi connectivity index (χ4v) is 1.92. The molecule has 0 aromatic heterocycles. The van der Waals surface area contributed by atoms with Crippen molar-refractivity contribution in [2.75, 3.05) is 6.54 Å². The molecule has 4 amide bonds. The topological polar surface area (TPSA) is 86.7 Å². The van der Waals surface area contributed by atoms with E-state index in [1.165, 1.54) is 18.2 Å². The molecule has 1 aromatic carbocycles. The Bertz CT molecular complexity index is 676. The molecule has 0 spiro atoms. The number of phenolic OH excluding ortho intramolecular Hbond substituents is 1. The number of hydrogen-bond acceptors (Lipinski definition) is 4. The van der Waals surface area contributed by atoms with Crippen LogP contribution in [0.15, 0.2) is 36.4 Å². The molecule has 0 bridgehead atoms. The Balaban J connectivity index is 2.40. The normalized spacial score (nSPS) is 17.1. The third-order valence-electron chi connectivity index (χ3n) is 3.03. The van der Waals surface area contributed by atoms with Crippen molar-refractivity contribution in [1.82, 2.24) is 10.2 Å². The summed E-state index contributed by atoms with van der Waals surface area (Å²) < 4.78 is 0. The van der Waals surface area contributed by atoms with Crippen LogP contribution in [0, 0.1) is 6.92 Å². The second-order valence-corrected chi connectivity index (χ2v) is 4.57. The van der Waals surface area contributed by atoms with Crippen LogP contribution in [0.4, 0.5) is 4.79 Å². The van der Waals surface area contributed by atoms with Crippen LogP contribution in [-0.2, 0) is 9.59 Å². The van der Waals surface area contributed by atoms with Crippen LogP contribution in [0.3, 0.4) is 0 Å². The van der Waals surface area contributed by atoms with Crippen molar-refractivity contribution < 1.29 is 19.5 Å². The molecule has 1 aliphatic heterocycles. The highest BCUT2D eigenvalue weighted by atomic mass is 16.3. The third-order valence-corrected chi connectivity index (χ3v) is 3.03. The summed E-state index contributed by atoms with van der Waals surface area (Å²) in [5.74, 6) is -1.29. The van der Waals surface area contributed by atoms with Gasteiger partial charge in [-0.15, -0.1) is 6.58 Å². The molecule has 6 heteroatoms. The lowest BCUT2D eigenvalue weighted by Gasteiger charge is -2.25. The van der Waals surface area contributed by atoms with Crippen LogP contribution in [0.1, 0.15) is 11.1 Å². The maximum atomic E-state index is 12.2. The smallest absolute Gasteiger partial charge is 0.331 e. The zero-order valence-corrected chi connectivity index (χ0v) is 11.4. The van der Waals surface area contributed by atoms with Crippen LogP contribution in [0.25, 0.3) is 6.08 Å². The lowest BCUT2D eigenvalue weighted by Crippen LogP contribution is -2.54. The number of phenols is 1. The average Bonchev–Trinajstić information content (AvgIpc) is 2.43. The SMILES string of the molecule is C=CCN1C(=O)NC(=O)C(=Cc2ccc(O)c(C)c2)C1=O. The largest absolute Gasteiger partial charge is 0.508 e. The Labute approximate surface area is 121 Å². The quantitative estimate of drug-likeness (QED) is 0.499. The van der Waals surface area contributed by atoms with Crippen molar-refractivity contribution in [2.45, 2.75) is 6.92 Å². The highest BCUT2D eigenvalue weighted by molar-refractivity contribution is 6.31. The van der Waals surface area contributed by atoms with Gasteiger partial charge in [0.2, 0.25) is 0 Å². The number of nitrogens with one attached hydrogen (secondary N) is 1. The van der Waals surface area contributed by atoms with Crippen molar-refractivity contribution in [3.8, 4) is 5.75 Å². The standard InChI is InChI=1S/C15H14N2O4/c1-3-6-17-14(20)11(13(19)16-15(17)21)8-10-4-5-12(18)9(2)7-10/h3-5,7-8,18H,1,6H2,2H3,(H,16,19,21). The second kappa shape index (κ2) is 5.62. The Morgan fingerprint density at radius 1 is 1.33 bits per heavy atom. The van der Waals surface area contributed by atoms with E-state index in [4.69, 9.17) is 0 Å². The molecule has 1 aromatic rings. The van der Waals surface area contributed by atoms with Gasteiger partial charge in [-0.1, -0.05) is 12.1 Å². The number of barbiturate groups is 1. The monoisotopic (exact) mass is 286 g/mol. The molecule has 6 nitrogen and oxygen atoms in total. The van der Waals surface area contributed by atoms with Gasteiger partial charge in [0.15, 0.2) is 0 Å². The first-order valence-corrected chi connectivity index (χ1v) is 6.23. The Morgan fingerprint density at radius 3 is 2.67 bits per heavy atom. The summed E-state index contributed by atoms with van der Waals surface area (Å²) in [6.07, 6.45) is 2.78. The zero-order valence-electron chi connectivity index (χ0n) is 11.4. The molecule has 0 aliphatic carbocycles. The zero-order chi connectivity index (χ0) is 15.6. The van der Waals surface area contributed by atoms with E-state index in [-0.39, 0.29) is 17.9 Å². The predicted octanol–water partition coefficient (Wildman–Crippen LogP) is 1.35. The Kier molecular flexibility index (Phi) is 3.89. The minimum Gasteiger partial charge on any atom is -0.508 e. The van der Waals surface area contributed by atoms with Crippen LogP contribution in [0.2, 0.25) is 0 Å². The average molecular weight is 286 g/mol. The van der Waals surface area contributed by atoms with E-state index in [0.29, 0.717) is 11.1 Å². The van der Waals surface area contributed by atoms with Crippen LogP contribution >= 0.6 is 0 Å². The predicted molar refractivity (Wildman–Crippen MR) is 76.3 cm³/mol. The van der Waals surface area contributed by atoms with Crippen molar-refractivity contribution in [1.29, 1.82) is 0 Å². The molecular formula is C15H14N2O4. The van der Waals surface area contributed by atoms with Crippen molar-refractivity contribution in [3.63, 3.8) is 0 Å². The highest BCUT2D eigenvalue weighted by Gasteiger charge is 2.34. The molecule has 0 radical (unpaired) electrons. The molecule has 2 N–H and O–H groups in total. The fraction of sp³-hybridized carbons (Fsp3) is 0.133. The number of aryl methyl sites for hydroxylation is 1. The van der Waals surface area contributed by atoms with E-state index in [9.17, 15) is 19.5 Å². The van der Waals surface area contributed by atoms with Gasteiger partial charge >= 0.3 is 6.03 Å². The summed E-state index contributed by atoms with van der Waals surface area (Å²) in [6.45, 7) is 5.19. The van der Waals surface area contributed by atoms with Gasteiger partial charge in [-0.2, -0.15) is 0 Å². The van der Waals surface area contributed by atoms with Gasteiger partial charge in [0.1, 0.15) is 11.3 Å². The number of nitrogens with zero attached hydrogens (tertiary/aromatic N) is 1. The number of amides is 4. The maximum Gasteiger partial charge on any atom is 0.331 e. The van der Waals surface area contributed by atoms with Gasteiger partial charge in [0, 0.05) is 6.54 Å². The molecule has 0 atom stereocenters. The van der Waals surface area contributed by atoms with E-state index in [0.717, 1.165) is 4.90 Å². The number of carbonyl (C=O) groups excluding carboxylic acids is 3. The van der Waals surface area contributed by atoms with Gasteiger partial charge in [0.25, 0.3) is 11.8 Å². The lowest BCUT2D eigenvalue weighted by molar-refractivity contribution is -0.129. The summed E-state index contributed by atoms with van der Waals surface area (Å²) >= 11 is 0. The number of rotatable bonds is 3. The summed E-state index contributed by atoms with van der Waals surface area (Å²) in [7, 11) is 0. The second-order valence-electron chi connectivity index (χ2n) is 4.57. The van der Waals surface area contributed by atoms with E-state index < -0.39 is 17.8 Å². The van der Waals surface area contributed by atoms with Gasteiger partial charge < -0.3 is 5.11 Å². The number of benzene rings is 1. The van der Waals surface area contributed by atoms with E-state index in [1.807, 2.05) is 0 Å². The molecule has 0 unspecified atom stereocenters. The molecule has 1 saturated heterocycles. The molecule has 21 heavy (non-hydrogen) atoms. The van der Waals surface area contributed by atoms with Crippen molar-refractivity contribution >= 4 is 23.9 Å². The van der Waals surface area contributed by atoms with Gasteiger partial charge in [0.05, 0.1) is 0 Å². The molecule has 1 heterocycles. The number of hydrogen-bond donors (Lipinski definition) is 2. The number of imide groups is 2. The minimum atomic E-state index is -0.760. The van der Waals surface area contributed by atoms with E-state index >= 15 is 0 Å². The molecular weight excluding hydrogens is 272 g/mol. The van der Waals surface area contributed by atoms with Crippen LogP contribution in [-0.4, -0.2) is 34.4 Å². The number of aromatic hydroxyl groups is 1. The maximum absolute atomic E-state index is 12.2. The van der Waals surface area contributed by atoms with Gasteiger partial charge in [-0.3, -0.25) is 19.8 Å². The van der Waals surface area contributed by atoms with Crippen LogP contribution in [0.5, 0.6) is 5.75 Å². The molecule has 0 saturated carbocycles. The minimum absolute atomic E-state index is 0.0178. The lowest BCUT2D eigenvalue weighted by atomic mass is 10.1. The molecule has 108 valence electrons. The molecule has 2 rings (SSSR count). The third kappa shape index (κ3) is 2.84. The number of carbonyl (C=O) groups is 3. The van der Waals surface area contributed by atoms with Crippen molar-refractivity contribution in [3.05, 3.63) is 47.6 Å². The molecule has 1 aliphatic rings. The van der Waals surface area contributed by atoms with Crippen molar-refractivity contribution in [2.24, 2.45) is 0 Å². The first-order valence-electron chi connectivity index (χ1n) is 6.23. The first-order chi connectivity index (χ1) is 9.93. The van der Waals surface area contributed by atoms with Crippen LogP contribution < -0.4 is 5.32 Å².